The lowest BCUT2D eigenvalue weighted by atomic mass is 10.1. The van der Waals surface area contributed by atoms with Crippen molar-refractivity contribution in [3.8, 4) is 0 Å². The molecule has 2 amide bonds. The van der Waals surface area contributed by atoms with Crippen molar-refractivity contribution in [2.45, 2.75) is 0 Å². The van der Waals surface area contributed by atoms with Gasteiger partial charge in [-0.2, -0.15) is 0 Å². The summed E-state index contributed by atoms with van der Waals surface area (Å²) in [6, 6.07) is 16.8. The van der Waals surface area contributed by atoms with E-state index in [2.05, 4.69) is 20.9 Å². The summed E-state index contributed by atoms with van der Waals surface area (Å²) >= 11 is 3.38. The van der Waals surface area contributed by atoms with Crippen LogP contribution in [0.2, 0.25) is 0 Å². The maximum atomic E-state index is 13.0. The highest BCUT2D eigenvalue weighted by Gasteiger charge is 2.26. The molecule has 0 bridgehead atoms. The Morgan fingerprint density at radius 2 is 1.44 bits per heavy atom. The summed E-state index contributed by atoms with van der Waals surface area (Å²) in [5, 5.41) is 0.951. The van der Waals surface area contributed by atoms with Gasteiger partial charge in [-0.3, -0.25) is 14.6 Å². The van der Waals surface area contributed by atoms with Crippen LogP contribution in [0.4, 0.5) is 0 Å². The minimum absolute atomic E-state index is 0.00132. The normalized spacial score (nSPS) is 14.4. The number of aromatic nitrogens is 1. The van der Waals surface area contributed by atoms with Gasteiger partial charge in [0.05, 0.1) is 11.1 Å². The van der Waals surface area contributed by atoms with Crippen LogP contribution in [0.3, 0.4) is 0 Å². The third kappa shape index (κ3) is 3.57. The first-order chi connectivity index (χ1) is 13.1. The van der Waals surface area contributed by atoms with Crippen LogP contribution in [0.5, 0.6) is 0 Å². The highest BCUT2D eigenvalue weighted by molar-refractivity contribution is 9.10. The zero-order valence-corrected chi connectivity index (χ0v) is 16.2. The number of pyridine rings is 1. The average molecular weight is 424 g/mol. The Morgan fingerprint density at radius 1 is 0.815 bits per heavy atom. The fraction of sp³-hybridized carbons (Fsp3) is 0.190. The number of carbonyl (C=O) groups is 2. The molecule has 1 saturated heterocycles. The van der Waals surface area contributed by atoms with E-state index in [9.17, 15) is 9.59 Å². The molecule has 0 aliphatic carbocycles. The molecule has 27 heavy (non-hydrogen) atoms. The average Bonchev–Trinajstić information content (AvgIpc) is 2.73. The lowest BCUT2D eigenvalue weighted by Crippen LogP contribution is -2.50. The van der Waals surface area contributed by atoms with E-state index in [1.807, 2.05) is 54.6 Å². The molecule has 1 aromatic heterocycles. The lowest BCUT2D eigenvalue weighted by molar-refractivity contribution is 0.0536. The van der Waals surface area contributed by atoms with Gasteiger partial charge in [-0.1, -0.05) is 34.1 Å². The van der Waals surface area contributed by atoms with Crippen LogP contribution in [0.25, 0.3) is 10.9 Å². The number of benzene rings is 2. The van der Waals surface area contributed by atoms with Crippen molar-refractivity contribution in [3.63, 3.8) is 0 Å². The zero-order valence-electron chi connectivity index (χ0n) is 14.6. The second-order valence-electron chi connectivity index (χ2n) is 6.47. The second-order valence-corrected chi connectivity index (χ2v) is 7.39. The molecule has 0 saturated carbocycles. The van der Waals surface area contributed by atoms with Crippen molar-refractivity contribution < 1.29 is 9.59 Å². The van der Waals surface area contributed by atoms with Gasteiger partial charge in [-0.25, -0.2) is 0 Å². The summed E-state index contributed by atoms with van der Waals surface area (Å²) in [6.45, 7) is 2.09. The minimum Gasteiger partial charge on any atom is -0.335 e. The Labute approximate surface area is 165 Å². The molecule has 1 fully saturated rings. The molecule has 0 radical (unpaired) electrons. The van der Waals surface area contributed by atoms with Crippen LogP contribution >= 0.6 is 15.9 Å². The van der Waals surface area contributed by atoms with Crippen LogP contribution in [0.1, 0.15) is 20.7 Å². The first-order valence-corrected chi connectivity index (χ1v) is 9.60. The summed E-state index contributed by atoms with van der Waals surface area (Å²) < 4.78 is 0.943. The zero-order chi connectivity index (χ0) is 18.8. The predicted molar refractivity (Wildman–Crippen MR) is 108 cm³/mol. The molecule has 4 rings (SSSR count). The summed E-state index contributed by atoms with van der Waals surface area (Å²) in [5.74, 6) is -0.0310. The first-order valence-electron chi connectivity index (χ1n) is 8.81. The van der Waals surface area contributed by atoms with Crippen LogP contribution < -0.4 is 0 Å². The van der Waals surface area contributed by atoms with E-state index in [0.29, 0.717) is 37.3 Å². The van der Waals surface area contributed by atoms with Crippen molar-refractivity contribution in [2.24, 2.45) is 0 Å². The smallest absolute Gasteiger partial charge is 0.256 e. The Morgan fingerprint density at radius 3 is 2.15 bits per heavy atom. The van der Waals surface area contributed by atoms with Crippen LogP contribution in [-0.2, 0) is 0 Å². The topological polar surface area (TPSA) is 53.5 Å². The van der Waals surface area contributed by atoms with Crippen LogP contribution in [0, 0.1) is 0 Å². The summed E-state index contributed by atoms with van der Waals surface area (Å²) in [4.78, 5) is 33.6. The SMILES string of the molecule is O=C(c1ccc(Br)cc1)N1CCN(C(=O)c2cccc3cccnc23)CC1. The van der Waals surface area contributed by atoms with Crippen molar-refractivity contribution in [3.05, 3.63) is 76.4 Å². The van der Waals surface area contributed by atoms with E-state index < -0.39 is 0 Å². The Balaban J connectivity index is 1.46. The first kappa shape index (κ1) is 17.7. The van der Waals surface area contributed by atoms with Gasteiger partial charge in [0.25, 0.3) is 11.8 Å². The molecular formula is C21H18BrN3O2. The fourth-order valence-corrected chi connectivity index (χ4v) is 3.60. The van der Waals surface area contributed by atoms with Gasteiger partial charge in [0.1, 0.15) is 0 Å². The van der Waals surface area contributed by atoms with Gasteiger partial charge in [0.2, 0.25) is 0 Å². The minimum atomic E-state index is -0.0324. The number of nitrogens with zero attached hydrogens (tertiary/aromatic N) is 3. The van der Waals surface area contributed by atoms with E-state index in [4.69, 9.17) is 0 Å². The molecule has 3 aromatic rings. The lowest BCUT2D eigenvalue weighted by Gasteiger charge is -2.35. The van der Waals surface area contributed by atoms with E-state index in [1.54, 1.807) is 16.0 Å². The van der Waals surface area contributed by atoms with E-state index in [0.717, 1.165) is 15.4 Å². The van der Waals surface area contributed by atoms with Crippen molar-refractivity contribution in [1.82, 2.24) is 14.8 Å². The van der Waals surface area contributed by atoms with Gasteiger partial charge in [0.15, 0.2) is 0 Å². The fourth-order valence-electron chi connectivity index (χ4n) is 3.33. The van der Waals surface area contributed by atoms with Gasteiger partial charge in [0, 0.05) is 47.8 Å². The molecule has 0 atom stereocenters. The molecule has 1 aliphatic heterocycles. The number of amides is 2. The van der Waals surface area contributed by atoms with E-state index in [1.165, 1.54) is 0 Å². The number of rotatable bonds is 2. The van der Waals surface area contributed by atoms with Crippen molar-refractivity contribution >= 4 is 38.6 Å². The van der Waals surface area contributed by atoms with E-state index >= 15 is 0 Å². The molecule has 0 spiro atoms. The van der Waals surface area contributed by atoms with Crippen molar-refractivity contribution in [2.75, 3.05) is 26.2 Å². The van der Waals surface area contributed by atoms with Gasteiger partial charge < -0.3 is 9.80 Å². The molecule has 136 valence electrons. The second kappa shape index (κ2) is 7.48. The number of hydrogen-bond donors (Lipinski definition) is 0. The monoisotopic (exact) mass is 423 g/mol. The summed E-state index contributed by atoms with van der Waals surface area (Å²) in [6.07, 6.45) is 1.70. The summed E-state index contributed by atoms with van der Waals surface area (Å²) in [5.41, 5.74) is 2.00. The number of carbonyl (C=O) groups excluding carboxylic acids is 2. The Bertz CT molecular complexity index is 990. The Kier molecular flexibility index (Phi) is 4.90. The number of hydrogen-bond acceptors (Lipinski definition) is 3. The third-order valence-corrected chi connectivity index (χ3v) is 5.34. The molecular weight excluding hydrogens is 406 g/mol. The quantitative estimate of drug-likeness (QED) is 0.632. The largest absolute Gasteiger partial charge is 0.335 e. The van der Waals surface area contributed by atoms with E-state index in [-0.39, 0.29) is 11.8 Å². The number of fused-ring (bicyclic) bond motifs is 1. The molecule has 0 N–H and O–H groups in total. The summed E-state index contributed by atoms with van der Waals surface area (Å²) in [7, 11) is 0. The van der Waals surface area contributed by atoms with Crippen molar-refractivity contribution in [1.29, 1.82) is 0 Å². The Hall–Kier alpha value is -2.73. The molecule has 2 heterocycles. The van der Waals surface area contributed by atoms with Crippen LogP contribution in [0.15, 0.2) is 65.3 Å². The van der Waals surface area contributed by atoms with Gasteiger partial charge >= 0.3 is 0 Å². The highest BCUT2D eigenvalue weighted by Crippen LogP contribution is 2.19. The predicted octanol–water partition coefficient (Wildman–Crippen LogP) is 3.60. The highest BCUT2D eigenvalue weighted by atomic mass is 79.9. The molecule has 5 nitrogen and oxygen atoms in total. The third-order valence-electron chi connectivity index (χ3n) is 4.81. The standard InChI is InChI=1S/C21H18BrN3O2/c22-17-8-6-16(7-9-17)20(26)24-11-13-25(14-12-24)21(27)18-5-1-3-15-4-2-10-23-19(15)18/h1-10H,11-14H2. The number of para-hydroxylation sites is 1. The molecule has 6 heteroatoms. The van der Waals surface area contributed by atoms with Gasteiger partial charge in [-0.15, -0.1) is 0 Å². The van der Waals surface area contributed by atoms with Crippen LogP contribution in [-0.4, -0.2) is 52.8 Å². The molecule has 1 aliphatic rings. The molecule has 2 aromatic carbocycles. The number of halogens is 1. The molecule has 0 unspecified atom stereocenters. The maximum Gasteiger partial charge on any atom is 0.256 e. The number of piperazine rings is 1. The van der Waals surface area contributed by atoms with Gasteiger partial charge in [-0.05, 0) is 36.4 Å². The maximum absolute atomic E-state index is 13.0.